The second kappa shape index (κ2) is 14.4. The van der Waals surface area contributed by atoms with Crippen LogP contribution in [0.1, 0.15) is 52.0 Å². The highest BCUT2D eigenvalue weighted by Crippen LogP contribution is 2.46. The number of fused-ring (bicyclic) bond motifs is 1. The summed E-state index contributed by atoms with van der Waals surface area (Å²) in [6.07, 6.45) is 6.15. The van der Waals surface area contributed by atoms with Crippen molar-refractivity contribution in [2.24, 2.45) is 5.92 Å². The third kappa shape index (κ3) is 7.12. The van der Waals surface area contributed by atoms with Gasteiger partial charge < -0.3 is 26.2 Å². The maximum atomic E-state index is 14.1. The van der Waals surface area contributed by atoms with Gasteiger partial charge in [0.05, 0.1) is 30.5 Å². The molecule has 5 N–H and O–H groups in total. The second-order valence-corrected chi connectivity index (χ2v) is 12.6. The van der Waals surface area contributed by atoms with Crippen LogP contribution in [0.15, 0.2) is 115 Å². The third-order valence-electron chi connectivity index (χ3n) is 8.84. The molecule has 1 unspecified atom stereocenters. The van der Waals surface area contributed by atoms with Gasteiger partial charge in [-0.2, -0.15) is 0 Å². The van der Waals surface area contributed by atoms with Crippen molar-refractivity contribution in [2.45, 2.75) is 38.0 Å². The SMILES string of the molecule is C[C@H](/C=C/CCn1cc(C(CO)c2ccccc2)nn1)[C@@]1(O)C(=O)N(Cc2cccc(NC(=O)c3ccc(N)cc3)c2)c2ccc(Cl)cc21. The highest BCUT2D eigenvalue weighted by Gasteiger charge is 2.52. The van der Waals surface area contributed by atoms with E-state index in [9.17, 15) is 19.8 Å². The quantitative estimate of drug-likeness (QED) is 0.0950. The molecule has 0 aliphatic carbocycles. The molecule has 49 heavy (non-hydrogen) atoms. The largest absolute Gasteiger partial charge is 0.399 e. The Morgan fingerprint density at radius 3 is 2.57 bits per heavy atom. The zero-order chi connectivity index (χ0) is 34.5. The highest BCUT2D eigenvalue weighted by molar-refractivity contribution is 6.31. The van der Waals surface area contributed by atoms with E-state index < -0.39 is 17.4 Å². The number of carbonyl (C=O) groups excluding carboxylic acids is 2. The lowest BCUT2D eigenvalue weighted by Crippen LogP contribution is -2.44. The van der Waals surface area contributed by atoms with Crippen LogP contribution in [0.2, 0.25) is 5.02 Å². The molecule has 1 aliphatic heterocycles. The number of aryl methyl sites for hydroxylation is 1. The Kier molecular flexibility index (Phi) is 9.91. The molecule has 1 aromatic heterocycles. The Labute approximate surface area is 289 Å². The number of hydrogen-bond acceptors (Lipinski definition) is 7. The molecule has 250 valence electrons. The van der Waals surface area contributed by atoms with Gasteiger partial charge in [0, 0.05) is 46.2 Å². The van der Waals surface area contributed by atoms with Crippen molar-refractivity contribution in [2.75, 3.05) is 22.6 Å². The van der Waals surface area contributed by atoms with Gasteiger partial charge in [-0.15, -0.1) is 5.10 Å². The van der Waals surface area contributed by atoms with E-state index in [-0.39, 0.29) is 25.0 Å². The maximum Gasteiger partial charge on any atom is 0.264 e. The Hall–Kier alpha value is -5.29. The Balaban J connectivity index is 1.14. The second-order valence-electron chi connectivity index (χ2n) is 12.2. The molecule has 1 aliphatic rings. The van der Waals surface area contributed by atoms with Crippen molar-refractivity contribution in [3.63, 3.8) is 0 Å². The number of aliphatic hydroxyl groups is 2. The minimum absolute atomic E-state index is 0.0816. The Bertz CT molecular complexity index is 1980. The number of benzene rings is 4. The van der Waals surface area contributed by atoms with E-state index in [1.165, 1.54) is 0 Å². The molecule has 3 atom stereocenters. The van der Waals surface area contributed by atoms with Crippen molar-refractivity contribution in [1.29, 1.82) is 0 Å². The fourth-order valence-corrected chi connectivity index (χ4v) is 6.30. The lowest BCUT2D eigenvalue weighted by Gasteiger charge is -2.27. The zero-order valence-corrected chi connectivity index (χ0v) is 27.7. The van der Waals surface area contributed by atoms with Gasteiger partial charge in [0.2, 0.25) is 0 Å². The number of aromatic nitrogens is 3. The summed E-state index contributed by atoms with van der Waals surface area (Å²) in [6.45, 7) is 2.41. The summed E-state index contributed by atoms with van der Waals surface area (Å²) in [7, 11) is 0. The number of nitrogens with zero attached hydrogens (tertiary/aromatic N) is 4. The highest BCUT2D eigenvalue weighted by atomic mass is 35.5. The van der Waals surface area contributed by atoms with E-state index in [1.807, 2.05) is 54.7 Å². The van der Waals surface area contributed by atoms with Crippen LogP contribution in [0.5, 0.6) is 0 Å². The van der Waals surface area contributed by atoms with Gasteiger partial charge in [-0.1, -0.05) is 78.4 Å². The van der Waals surface area contributed by atoms with Crippen LogP contribution in [0.4, 0.5) is 17.1 Å². The predicted molar refractivity (Wildman–Crippen MR) is 190 cm³/mol. The topological polar surface area (TPSA) is 147 Å². The lowest BCUT2D eigenvalue weighted by atomic mass is 9.83. The number of nitrogens with two attached hydrogens (primary N) is 1. The molecule has 6 rings (SSSR count). The van der Waals surface area contributed by atoms with Gasteiger partial charge in [-0.3, -0.25) is 14.3 Å². The number of hydrogen-bond donors (Lipinski definition) is 4. The minimum Gasteiger partial charge on any atom is -0.399 e. The Morgan fingerprint density at radius 2 is 1.82 bits per heavy atom. The summed E-state index contributed by atoms with van der Waals surface area (Å²) in [6, 6.07) is 28.6. The number of rotatable bonds is 12. The predicted octanol–water partition coefficient (Wildman–Crippen LogP) is 5.91. The molecule has 4 aromatic carbocycles. The van der Waals surface area contributed by atoms with E-state index in [4.69, 9.17) is 17.3 Å². The fourth-order valence-electron chi connectivity index (χ4n) is 6.13. The van der Waals surface area contributed by atoms with E-state index in [0.29, 0.717) is 51.9 Å². The van der Waals surface area contributed by atoms with Crippen LogP contribution in [-0.4, -0.2) is 43.6 Å². The van der Waals surface area contributed by atoms with Gasteiger partial charge in [-0.25, -0.2) is 0 Å². The molecule has 2 heterocycles. The average molecular weight is 677 g/mol. The number of nitrogen functional groups attached to an aromatic ring is 1. The number of allylic oxidation sites excluding steroid dienone is 1. The first-order valence-electron chi connectivity index (χ1n) is 16.0. The number of carbonyl (C=O) groups is 2. The first-order valence-corrected chi connectivity index (χ1v) is 16.4. The summed E-state index contributed by atoms with van der Waals surface area (Å²) in [5.41, 5.74) is 8.92. The normalized spacial score (nSPS) is 16.9. The van der Waals surface area contributed by atoms with Crippen LogP contribution in [0.3, 0.4) is 0 Å². The summed E-state index contributed by atoms with van der Waals surface area (Å²) in [5.74, 6) is -1.60. The molecule has 0 spiro atoms. The molecule has 0 radical (unpaired) electrons. The first kappa shape index (κ1) is 33.6. The summed E-state index contributed by atoms with van der Waals surface area (Å²) >= 11 is 6.37. The molecule has 5 aromatic rings. The first-order chi connectivity index (χ1) is 23.7. The summed E-state index contributed by atoms with van der Waals surface area (Å²) < 4.78 is 1.72. The number of aliphatic hydroxyl groups excluding tert-OH is 1. The Morgan fingerprint density at radius 1 is 1.04 bits per heavy atom. The standard InChI is InChI=1S/C38H37ClN6O4/c1-25(8-5-6-19-44-23-34(42-43-44)32(24-46)27-10-3-2-4-11-27)38(49)33-21-29(39)15-18-35(33)45(37(38)48)22-26-9-7-12-31(20-26)41-36(47)28-13-16-30(40)17-14-28/h2-5,7-18,20-21,23,25,32,46,49H,6,19,22,24,40H2,1H3,(H,41,47)/b8-5+/t25-,32?,38+/m1/s1. The fraction of sp³-hybridized carbons (Fsp3) is 0.211. The van der Waals surface area contributed by atoms with Crippen LogP contribution in [0.25, 0.3) is 0 Å². The number of anilines is 3. The van der Waals surface area contributed by atoms with Crippen LogP contribution < -0.4 is 16.0 Å². The molecule has 0 saturated heterocycles. The average Bonchev–Trinajstić information content (AvgIpc) is 3.65. The summed E-state index contributed by atoms with van der Waals surface area (Å²) in [5, 5.41) is 33.9. The van der Waals surface area contributed by atoms with E-state index >= 15 is 0 Å². The maximum absolute atomic E-state index is 14.1. The van der Waals surface area contributed by atoms with Gasteiger partial charge in [0.1, 0.15) is 0 Å². The van der Waals surface area contributed by atoms with Crippen LogP contribution in [0, 0.1) is 5.92 Å². The van der Waals surface area contributed by atoms with E-state index in [0.717, 1.165) is 11.1 Å². The van der Waals surface area contributed by atoms with E-state index in [1.54, 1.807) is 77.2 Å². The molecule has 10 nitrogen and oxygen atoms in total. The monoisotopic (exact) mass is 676 g/mol. The van der Waals surface area contributed by atoms with Gasteiger partial charge in [-0.05, 0) is 72.1 Å². The van der Waals surface area contributed by atoms with Crippen molar-refractivity contribution in [3.05, 3.63) is 148 Å². The molecule has 11 heteroatoms. The van der Waals surface area contributed by atoms with Gasteiger partial charge in [0.15, 0.2) is 5.60 Å². The minimum atomic E-state index is -1.85. The van der Waals surface area contributed by atoms with Crippen molar-refractivity contribution in [1.82, 2.24) is 15.0 Å². The summed E-state index contributed by atoms with van der Waals surface area (Å²) in [4.78, 5) is 28.4. The molecule has 0 saturated carbocycles. The smallest absolute Gasteiger partial charge is 0.264 e. The van der Waals surface area contributed by atoms with E-state index in [2.05, 4.69) is 15.6 Å². The van der Waals surface area contributed by atoms with Crippen molar-refractivity contribution < 1.29 is 19.8 Å². The van der Waals surface area contributed by atoms with Crippen molar-refractivity contribution in [3.8, 4) is 0 Å². The van der Waals surface area contributed by atoms with Crippen LogP contribution >= 0.6 is 11.6 Å². The number of amides is 2. The third-order valence-corrected chi connectivity index (χ3v) is 9.07. The molecular formula is C38H37ClN6O4. The number of halogens is 1. The van der Waals surface area contributed by atoms with Gasteiger partial charge >= 0.3 is 0 Å². The molecule has 2 amide bonds. The zero-order valence-electron chi connectivity index (χ0n) is 26.9. The molecule has 0 fully saturated rings. The van der Waals surface area contributed by atoms with Gasteiger partial charge in [0.25, 0.3) is 11.8 Å². The lowest BCUT2D eigenvalue weighted by molar-refractivity contribution is -0.139. The molecule has 0 bridgehead atoms. The van der Waals surface area contributed by atoms with Crippen LogP contribution in [-0.2, 0) is 23.5 Å². The number of nitrogens with one attached hydrogen (secondary N) is 1. The van der Waals surface area contributed by atoms with Crippen molar-refractivity contribution >= 4 is 40.5 Å². The molecular weight excluding hydrogens is 640 g/mol.